The van der Waals surface area contributed by atoms with E-state index < -0.39 is 0 Å². The molecule has 2 bridgehead atoms. The fraction of sp³-hybridized carbons (Fsp3) is 1.00. The third kappa shape index (κ3) is 1.32. The molecule has 0 radical (unpaired) electrons. The first-order chi connectivity index (χ1) is 7.84. The van der Waals surface area contributed by atoms with E-state index in [1.165, 1.54) is 19.6 Å². The summed E-state index contributed by atoms with van der Waals surface area (Å²) < 4.78 is 0. The first-order valence-electron chi connectivity index (χ1n) is 7.28. The molecule has 0 aromatic rings. The second kappa shape index (κ2) is 3.46. The molecule has 3 saturated carbocycles. The number of nitrogens with one attached hydrogen (secondary N) is 2. The molecule has 0 aromatic carbocycles. The largest absolute Gasteiger partial charge is 0.316 e. The molecule has 6 atom stereocenters. The van der Waals surface area contributed by atoms with Crippen molar-refractivity contribution in [1.29, 1.82) is 0 Å². The van der Waals surface area contributed by atoms with E-state index >= 15 is 0 Å². The van der Waals surface area contributed by atoms with Crippen molar-refractivity contribution in [2.24, 2.45) is 35.5 Å². The van der Waals surface area contributed by atoms with Gasteiger partial charge >= 0.3 is 0 Å². The number of hydrogen-bond donors (Lipinski definition) is 2. The summed E-state index contributed by atoms with van der Waals surface area (Å²) in [6, 6.07) is 0.930. The summed E-state index contributed by atoms with van der Waals surface area (Å²) in [5.74, 6) is 6.20. The molecular formula is C14H24N2. The van der Waals surface area contributed by atoms with Crippen molar-refractivity contribution in [3.8, 4) is 0 Å². The van der Waals surface area contributed by atoms with Crippen molar-refractivity contribution in [3.05, 3.63) is 0 Å². The van der Waals surface area contributed by atoms with Crippen molar-refractivity contribution >= 4 is 0 Å². The lowest BCUT2D eigenvalue weighted by atomic mass is 9.98. The van der Waals surface area contributed by atoms with E-state index in [4.69, 9.17) is 0 Å². The quantitative estimate of drug-likeness (QED) is 0.753. The number of fused-ring (bicyclic) bond motifs is 5. The lowest BCUT2D eigenvalue weighted by molar-refractivity contribution is 0.387. The third-order valence-electron chi connectivity index (χ3n) is 6.03. The average molecular weight is 220 g/mol. The minimum Gasteiger partial charge on any atom is -0.316 e. The summed E-state index contributed by atoms with van der Waals surface area (Å²) in [6.45, 7) is 6.13. The van der Waals surface area contributed by atoms with Crippen LogP contribution >= 0.6 is 0 Å². The van der Waals surface area contributed by atoms with E-state index in [0.29, 0.717) is 0 Å². The summed E-state index contributed by atoms with van der Waals surface area (Å²) in [7, 11) is 0. The van der Waals surface area contributed by atoms with Gasteiger partial charge in [0.25, 0.3) is 0 Å². The highest BCUT2D eigenvalue weighted by Crippen LogP contribution is 2.65. The SMILES string of the molecule is CC1CNCC1CNC1C2C3CCC(C3)C12. The highest BCUT2D eigenvalue weighted by atomic mass is 15.0. The summed E-state index contributed by atoms with van der Waals surface area (Å²) in [5.41, 5.74) is 0. The molecule has 0 spiro atoms. The van der Waals surface area contributed by atoms with Crippen molar-refractivity contribution in [2.75, 3.05) is 19.6 Å². The fourth-order valence-electron chi connectivity index (χ4n) is 5.02. The summed E-state index contributed by atoms with van der Waals surface area (Å²) in [4.78, 5) is 0. The zero-order valence-corrected chi connectivity index (χ0v) is 10.3. The molecule has 2 N–H and O–H groups in total. The van der Waals surface area contributed by atoms with Crippen LogP contribution in [0.15, 0.2) is 0 Å². The smallest absolute Gasteiger partial charge is 0.0136 e. The predicted molar refractivity (Wildman–Crippen MR) is 65.1 cm³/mol. The zero-order chi connectivity index (χ0) is 10.7. The van der Waals surface area contributed by atoms with Crippen LogP contribution in [0.2, 0.25) is 0 Å². The van der Waals surface area contributed by atoms with E-state index in [-0.39, 0.29) is 0 Å². The maximum Gasteiger partial charge on any atom is 0.0136 e. The lowest BCUT2D eigenvalue weighted by Crippen LogP contribution is -2.31. The Morgan fingerprint density at radius 3 is 2.50 bits per heavy atom. The highest BCUT2D eigenvalue weighted by Gasteiger charge is 2.64. The standard InChI is InChI=1S/C14H24N2/c1-8-5-15-6-11(8)7-16-14-12-9-2-3-10(4-9)13(12)14/h8-16H,2-7H2,1H3. The molecule has 4 fully saturated rings. The predicted octanol–water partition coefficient (Wildman–Crippen LogP) is 1.48. The first-order valence-corrected chi connectivity index (χ1v) is 7.28. The van der Waals surface area contributed by atoms with Gasteiger partial charge in [-0.1, -0.05) is 6.92 Å². The van der Waals surface area contributed by atoms with Gasteiger partial charge in [-0.3, -0.25) is 0 Å². The second-order valence-corrected chi connectivity index (χ2v) is 6.82. The van der Waals surface area contributed by atoms with E-state index in [1.54, 1.807) is 19.3 Å². The Labute approximate surface area is 98.6 Å². The van der Waals surface area contributed by atoms with Gasteiger partial charge in [0.05, 0.1) is 0 Å². The maximum atomic E-state index is 3.89. The van der Waals surface area contributed by atoms with E-state index in [2.05, 4.69) is 17.6 Å². The molecule has 90 valence electrons. The molecule has 2 nitrogen and oxygen atoms in total. The summed E-state index contributed by atoms with van der Waals surface area (Å²) >= 11 is 0. The Morgan fingerprint density at radius 1 is 1.12 bits per heavy atom. The molecule has 1 saturated heterocycles. The summed E-state index contributed by atoms with van der Waals surface area (Å²) in [5, 5.41) is 7.40. The van der Waals surface area contributed by atoms with Gasteiger partial charge in [-0.05, 0) is 74.4 Å². The van der Waals surface area contributed by atoms with E-state index in [1.807, 2.05) is 0 Å². The molecular weight excluding hydrogens is 196 g/mol. The van der Waals surface area contributed by atoms with E-state index in [9.17, 15) is 0 Å². The van der Waals surface area contributed by atoms with Crippen LogP contribution < -0.4 is 10.6 Å². The molecule has 4 aliphatic rings. The van der Waals surface area contributed by atoms with Crippen LogP contribution in [0.4, 0.5) is 0 Å². The van der Waals surface area contributed by atoms with Crippen LogP contribution in [0.3, 0.4) is 0 Å². The summed E-state index contributed by atoms with van der Waals surface area (Å²) in [6.07, 6.45) is 4.67. The topological polar surface area (TPSA) is 24.1 Å². The molecule has 2 heteroatoms. The van der Waals surface area contributed by atoms with E-state index in [0.717, 1.165) is 41.5 Å². The average Bonchev–Trinajstić information content (AvgIpc) is 2.70. The normalized spacial score (nSPS) is 57.9. The van der Waals surface area contributed by atoms with Gasteiger partial charge in [-0.15, -0.1) is 0 Å². The maximum absolute atomic E-state index is 3.89. The molecule has 1 heterocycles. The third-order valence-corrected chi connectivity index (χ3v) is 6.03. The molecule has 3 aliphatic carbocycles. The van der Waals surface area contributed by atoms with Gasteiger partial charge in [-0.2, -0.15) is 0 Å². The Bertz CT molecular complexity index is 274. The van der Waals surface area contributed by atoms with Gasteiger partial charge in [0.15, 0.2) is 0 Å². The minimum absolute atomic E-state index is 0.878. The fourth-order valence-corrected chi connectivity index (χ4v) is 5.02. The van der Waals surface area contributed by atoms with Gasteiger partial charge in [-0.25, -0.2) is 0 Å². The van der Waals surface area contributed by atoms with Crippen LogP contribution in [0, 0.1) is 35.5 Å². The molecule has 1 aliphatic heterocycles. The Morgan fingerprint density at radius 2 is 1.88 bits per heavy atom. The van der Waals surface area contributed by atoms with Gasteiger partial charge in [0.1, 0.15) is 0 Å². The van der Waals surface area contributed by atoms with Gasteiger partial charge in [0, 0.05) is 6.04 Å². The minimum atomic E-state index is 0.878. The Balaban J connectivity index is 1.31. The zero-order valence-electron chi connectivity index (χ0n) is 10.3. The Hall–Kier alpha value is -0.0800. The Kier molecular flexibility index (Phi) is 2.14. The van der Waals surface area contributed by atoms with Crippen molar-refractivity contribution < 1.29 is 0 Å². The number of hydrogen-bond acceptors (Lipinski definition) is 2. The lowest BCUT2D eigenvalue weighted by Gasteiger charge is -2.17. The van der Waals surface area contributed by atoms with Crippen molar-refractivity contribution in [3.63, 3.8) is 0 Å². The molecule has 16 heavy (non-hydrogen) atoms. The molecule has 0 aromatic heterocycles. The van der Waals surface area contributed by atoms with Crippen molar-refractivity contribution in [2.45, 2.75) is 32.2 Å². The van der Waals surface area contributed by atoms with Gasteiger partial charge < -0.3 is 10.6 Å². The van der Waals surface area contributed by atoms with Crippen molar-refractivity contribution in [1.82, 2.24) is 10.6 Å². The van der Waals surface area contributed by atoms with Crippen LogP contribution in [-0.4, -0.2) is 25.7 Å². The second-order valence-electron chi connectivity index (χ2n) is 6.82. The van der Waals surface area contributed by atoms with Gasteiger partial charge in [0.2, 0.25) is 0 Å². The highest BCUT2D eigenvalue weighted by molar-refractivity contribution is 5.16. The first kappa shape index (κ1) is 9.90. The van der Waals surface area contributed by atoms with Crippen LogP contribution in [-0.2, 0) is 0 Å². The monoisotopic (exact) mass is 220 g/mol. The number of rotatable bonds is 3. The molecule has 6 unspecified atom stereocenters. The van der Waals surface area contributed by atoms with Crippen LogP contribution in [0.1, 0.15) is 26.2 Å². The van der Waals surface area contributed by atoms with Crippen LogP contribution in [0.5, 0.6) is 0 Å². The van der Waals surface area contributed by atoms with Crippen LogP contribution in [0.25, 0.3) is 0 Å². The molecule has 4 rings (SSSR count). The molecule has 0 amide bonds.